The van der Waals surface area contributed by atoms with E-state index in [1.165, 1.54) is 28.2 Å². The van der Waals surface area contributed by atoms with Gasteiger partial charge in [-0.15, -0.1) is 22.7 Å². The van der Waals surface area contributed by atoms with Gasteiger partial charge in [0.25, 0.3) is 5.91 Å². The molecule has 0 unspecified atom stereocenters. The Balaban J connectivity index is 1.46. The van der Waals surface area contributed by atoms with Gasteiger partial charge in [0, 0.05) is 35.0 Å². The Bertz CT molecular complexity index is 1150. The molecule has 0 fully saturated rings. The summed E-state index contributed by atoms with van der Waals surface area (Å²) in [6, 6.07) is 8.26. The first-order valence-corrected chi connectivity index (χ1v) is 10.3. The normalized spacial score (nSPS) is 13.9. The Kier molecular flexibility index (Phi) is 3.76. The highest BCUT2D eigenvalue weighted by Gasteiger charge is 2.26. The number of aryl methyl sites for hydroxylation is 1. The van der Waals surface area contributed by atoms with E-state index in [4.69, 9.17) is 5.73 Å². The molecule has 1 aromatic carbocycles. The quantitative estimate of drug-likeness (QED) is 0.562. The number of hydrogen-bond acceptors (Lipinski definition) is 6. The second-order valence-corrected chi connectivity index (χ2v) is 8.62. The molecule has 6 nitrogen and oxygen atoms in total. The molecular formula is C19H17N5OS2. The van der Waals surface area contributed by atoms with Gasteiger partial charge in [-0.05, 0) is 6.92 Å². The summed E-state index contributed by atoms with van der Waals surface area (Å²) in [5.41, 5.74) is 10.6. The minimum atomic E-state index is 0.0201. The lowest BCUT2D eigenvalue weighted by molar-refractivity contribution is 0.0729. The molecule has 0 radical (unpaired) electrons. The summed E-state index contributed by atoms with van der Waals surface area (Å²) in [5, 5.41) is 2.46. The van der Waals surface area contributed by atoms with Crippen molar-refractivity contribution in [1.29, 1.82) is 0 Å². The highest BCUT2D eigenvalue weighted by molar-refractivity contribution is 7.15. The van der Waals surface area contributed by atoms with Crippen LogP contribution < -0.4 is 5.73 Å². The molecule has 0 saturated carbocycles. The van der Waals surface area contributed by atoms with Gasteiger partial charge in [-0.2, -0.15) is 0 Å². The first-order valence-electron chi connectivity index (χ1n) is 8.65. The summed E-state index contributed by atoms with van der Waals surface area (Å²) in [6.07, 6.45) is 2.70. The van der Waals surface area contributed by atoms with Gasteiger partial charge in [-0.1, -0.05) is 29.8 Å². The van der Waals surface area contributed by atoms with Gasteiger partial charge >= 0.3 is 0 Å². The zero-order chi connectivity index (χ0) is 18.5. The molecule has 4 aromatic rings. The first kappa shape index (κ1) is 16.5. The van der Waals surface area contributed by atoms with Crippen molar-refractivity contribution in [3.05, 3.63) is 57.7 Å². The number of benzene rings is 1. The predicted octanol–water partition coefficient (Wildman–Crippen LogP) is 3.61. The van der Waals surface area contributed by atoms with E-state index >= 15 is 0 Å². The van der Waals surface area contributed by atoms with Gasteiger partial charge in [-0.25, -0.2) is 9.97 Å². The summed E-state index contributed by atoms with van der Waals surface area (Å²) < 4.78 is 1.90. The molecule has 0 aliphatic carbocycles. The number of carbonyl (C=O) groups excluding carboxylic acids is 1. The lowest BCUT2D eigenvalue weighted by atomic mass is 10.1. The van der Waals surface area contributed by atoms with E-state index in [0.717, 1.165) is 33.2 Å². The maximum Gasteiger partial charge on any atom is 0.272 e. The van der Waals surface area contributed by atoms with Crippen LogP contribution in [0.15, 0.2) is 35.8 Å². The second kappa shape index (κ2) is 6.17. The molecule has 0 bridgehead atoms. The Morgan fingerprint density at radius 1 is 1.22 bits per heavy atom. The van der Waals surface area contributed by atoms with E-state index < -0.39 is 0 Å². The summed E-state index contributed by atoms with van der Waals surface area (Å²) >= 11 is 2.96. The van der Waals surface area contributed by atoms with Crippen LogP contribution >= 0.6 is 22.7 Å². The van der Waals surface area contributed by atoms with Crippen molar-refractivity contribution in [2.24, 2.45) is 0 Å². The lowest BCUT2D eigenvalue weighted by Crippen LogP contribution is -2.36. The number of nitrogen functional groups attached to an aromatic ring is 1. The number of rotatable bonds is 2. The fourth-order valence-electron chi connectivity index (χ4n) is 3.35. The summed E-state index contributed by atoms with van der Waals surface area (Å²) in [7, 11) is 0. The fourth-order valence-corrected chi connectivity index (χ4v) is 5.09. The van der Waals surface area contributed by atoms with Crippen molar-refractivity contribution in [3.8, 4) is 11.3 Å². The van der Waals surface area contributed by atoms with Crippen LogP contribution in [0.2, 0.25) is 0 Å². The van der Waals surface area contributed by atoms with Gasteiger partial charge in [-0.3, -0.25) is 9.20 Å². The topological polar surface area (TPSA) is 76.5 Å². The molecule has 4 heterocycles. The number of aromatic nitrogens is 3. The van der Waals surface area contributed by atoms with Crippen LogP contribution in [-0.4, -0.2) is 31.7 Å². The third kappa shape index (κ3) is 2.81. The van der Waals surface area contributed by atoms with Crippen LogP contribution in [-0.2, 0) is 13.0 Å². The number of imidazole rings is 1. The highest BCUT2D eigenvalue weighted by atomic mass is 32.1. The Labute approximate surface area is 163 Å². The molecule has 5 rings (SSSR count). The third-order valence-electron chi connectivity index (χ3n) is 4.81. The summed E-state index contributed by atoms with van der Waals surface area (Å²) in [4.78, 5) is 25.9. The van der Waals surface area contributed by atoms with E-state index in [2.05, 4.69) is 41.2 Å². The molecule has 1 aliphatic rings. The van der Waals surface area contributed by atoms with Crippen molar-refractivity contribution in [2.45, 2.75) is 19.9 Å². The van der Waals surface area contributed by atoms with E-state index in [1.54, 1.807) is 0 Å². The van der Waals surface area contributed by atoms with Gasteiger partial charge in [0.05, 0.1) is 17.9 Å². The van der Waals surface area contributed by atoms with Gasteiger partial charge in [0.15, 0.2) is 10.1 Å². The molecule has 1 amide bonds. The molecule has 0 spiro atoms. The Hall–Kier alpha value is -2.71. The van der Waals surface area contributed by atoms with Gasteiger partial charge < -0.3 is 10.6 Å². The number of thiazole rings is 2. The average molecular weight is 396 g/mol. The van der Waals surface area contributed by atoms with Crippen LogP contribution in [0.4, 0.5) is 5.13 Å². The van der Waals surface area contributed by atoms with Crippen LogP contribution in [0, 0.1) is 6.92 Å². The fraction of sp³-hybridized carbons (Fsp3) is 0.211. The van der Waals surface area contributed by atoms with Gasteiger partial charge in [0.2, 0.25) is 0 Å². The number of hydrogen-bond donors (Lipinski definition) is 1. The number of anilines is 1. The number of carbonyl (C=O) groups is 1. The first-order chi connectivity index (χ1) is 13.1. The van der Waals surface area contributed by atoms with Gasteiger partial charge in [0.1, 0.15) is 5.69 Å². The molecule has 1 aliphatic heterocycles. The maximum atomic E-state index is 13.1. The summed E-state index contributed by atoms with van der Waals surface area (Å²) in [6.45, 7) is 3.29. The number of amides is 1. The molecule has 27 heavy (non-hydrogen) atoms. The molecule has 8 heteroatoms. The van der Waals surface area contributed by atoms with Crippen molar-refractivity contribution in [1.82, 2.24) is 19.3 Å². The monoisotopic (exact) mass is 395 g/mol. The van der Waals surface area contributed by atoms with Crippen molar-refractivity contribution < 1.29 is 4.79 Å². The van der Waals surface area contributed by atoms with Crippen LogP contribution in [0.5, 0.6) is 0 Å². The average Bonchev–Trinajstić information content (AvgIpc) is 3.33. The molecule has 136 valence electrons. The molecule has 2 N–H and O–H groups in total. The van der Waals surface area contributed by atoms with Crippen LogP contribution in [0.25, 0.3) is 16.2 Å². The Morgan fingerprint density at radius 2 is 2.04 bits per heavy atom. The molecule has 0 atom stereocenters. The van der Waals surface area contributed by atoms with E-state index in [-0.39, 0.29) is 5.91 Å². The van der Waals surface area contributed by atoms with E-state index in [0.29, 0.717) is 23.9 Å². The largest absolute Gasteiger partial charge is 0.375 e. The summed E-state index contributed by atoms with van der Waals surface area (Å²) in [5.74, 6) is 0.0201. The molecule has 0 saturated heterocycles. The second-order valence-electron chi connectivity index (χ2n) is 6.66. The third-order valence-corrected chi connectivity index (χ3v) is 6.56. The minimum absolute atomic E-state index is 0.0201. The van der Waals surface area contributed by atoms with Crippen LogP contribution in [0.1, 0.15) is 26.6 Å². The SMILES string of the molecule is Cc1ccc(-c2cn3c(C(=O)N4CCc5nc(N)sc5C4)csc3n2)cc1. The van der Waals surface area contributed by atoms with Crippen LogP contribution in [0.3, 0.4) is 0 Å². The molecular weight excluding hydrogens is 378 g/mol. The number of fused-ring (bicyclic) bond motifs is 2. The zero-order valence-corrected chi connectivity index (χ0v) is 16.3. The standard InChI is InChI=1S/C19H17N5OS2/c1-11-2-4-12(5-3-11)14-8-24-15(10-26-19(24)22-14)17(25)23-7-6-13-16(9-23)27-18(20)21-13/h2-5,8,10H,6-7,9H2,1H3,(H2,20,21). The number of nitrogens with zero attached hydrogens (tertiary/aromatic N) is 4. The predicted molar refractivity (Wildman–Crippen MR) is 108 cm³/mol. The smallest absolute Gasteiger partial charge is 0.272 e. The minimum Gasteiger partial charge on any atom is -0.375 e. The van der Waals surface area contributed by atoms with E-state index in [1.807, 2.05) is 20.9 Å². The van der Waals surface area contributed by atoms with Crippen molar-refractivity contribution in [2.75, 3.05) is 12.3 Å². The highest BCUT2D eigenvalue weighted by Crippen LogP contribution is 2.29. The van der Waals surface area contributed by atoms with Crippen molar-refractivity contribution >= 4 is 38.7 Å². The molecule has 3 aromatic heterocycles. The maximum absolute atomic E-state index is 13.1. The lowest BCUT2D eigenvalue weighted by Gasteiger charge is -2.25. The van der Waals surface area contributed by atoms with Crippen molar-refractivity contribution in [3.63, 3.8) is 0 Å². The zero-order valence-electron chi connectivity index (χ0n) is 14.7. The van der Waals surface area contributed by atoms with E-state index in [9.17, 15) is 4.79 Å². The number of nitrogens with two attached hydrogens (primary N) is 1. The Morgan fingerprint density at radius 3 is 2.85 bits per heavy atom.